The van der Waals surface area contributed by atoms with E-state index in [0.29, 0.717) is 11.5 Å². The van der Waals surface area contributed by atoms with E-state index in [1.807, 2.05) is 6.07 Å². The van der Waals surface area contributed by atoms with Gasteiger partial charge in [-0.1, -0.05) is 31.5 Å². The van der Waals surface area contributed by atoms with Crippen molar-refractivity contribution in [3.05, 3.63) is 58.7 Å². The number of aryl methyl sites for hydroxylation is 1. The summed E-state index contributed by atoms with van der Waals surface area (Å²) in [5.74, 6) is -0.465. The summed E-state index contributed by atoms with van der Waals surface area (Å²) in [6, 6.07) is 13.0. The third-order valence-electron chi connectivity index (χ3n) is 7.95. The monoisotopic (exact) mass is 447 g/mol. The molecule has 0 saturated carbocycles. The van der Waals surface area contributed by atoms with Crippen LogP contribution in [0, 0.1) is 6.92 Å². The molecule has 2 aromatic carbocycles. The van der Waals surface area contributed by atoms with Crippen molar-refractivity contribution in [3.63, 3.8) is 0 Å². The lowest BCUT2D eigenvalue weighted by Crippen LogP contribution is -2.41. The van der Waals surface area contributed by atoms with Crippen LogP contribution in [0.3, 0.4) is 0 Å². The number of rotatable bonds is 5. The van der Waals surface area contributed by atoms with Gasteiger partial charge in [-0.3, -0.25) is 0 Å². The van der Waals surface area contributed by atoms with Gasteiger partial charge in [0, 0.05) is 43.5 Å². The standard InChI is InChI=1S/C28H37N3O2/c1-3-22-23-11-9-21(28(32)33)19-26(23)31-15-7-14-30(17-16-29-12-5-4-6-13-29)25-18-20(2)8-10-24(25)27(22)31/h8-11,18-19,22,27H,3-7,12-17H2,1-2H3,(H,32,33). The average Bonchev–Trinajstić information content (AvgIpc) is 3.12. The molecule has 1 fully saturated rings. The molecule has 33 heavy (non-hydrogen) atoms. The van der Waals surface area contributed by atoms with Crippen LogP contribution < -0.4 is 9.80 Å². The third kappa shape index (κ3) is 4.23. The summed E-state index contributed by atoms with van der Waals surface area (Å²) in [5, 5.41) is 9.60. The van der Waals surface area contributed by atoms with E-state index in [2.05, 4.69) is 52.8 Å². The quantitative estimate of drug-likeness (QED) is 0.661. The Morgan fingerprint density at radius 1 is 0.909 bits per heavy atom. The van der Waals surface area contributed by atoms with E-state index < -0.39 is 5.97 Å². The van der Waals surface area contributed by atoms with Crippen molar-refractivity contribution in [2.75, 3.05) is 49.1 Å². The van der Waals surface area contributed by atoms with Crippen LogP contribution in [0.15, 0.2) is 36.4 Å². The lowest BCUT2D eigenvalue weighted by atomic mass is 9.86. The Balaban J connectivity index is 1.51. The zero-order chi connectivity index (χ0) is 22.9. The van der Waals surface area contributed by atoms with Crippen molar-refractivity contribution >= 4 is 17.3 Å². The minimum atomic E-state index is -0.846. The number of nitrogens with zero attached hydrogens (tertiary/aromatic N) is 3. The predicted octanol–water partition coefficient (Wildman–Crippen LogP) is 5.44. The molecule has 0 spiro atoms. The lowest BCUT2D eigenvalue weighted by molar-refractivity contribution is 0.0697. The topological polar surface area (TPSA) is 47.0 Å². The molecule has 2 unspecified atom stereocenters. The fraction of sp³-hybridized carbons (Fsp3) is 0.536. The van der Waals surface area contributed by atoms with Gasteiger partial charge < -0.3 is 19.8 Å². The Kier molecular flexibility index (Phi) is 6.33. The summed E-state index contributed by atoms with van der Waals surface area (Å²) in [4.78, 5) is 19.5. The Labute approximate surface area is 198 Å². The summed E-state index contributed by atoms with van der Waals surface area (Å²) in [7, 11) is 0. The van der Waals surface area contributed by atoms with Crippen molar-refractivity contribution in [1.29, 1.82) is 0 Å². The molecule has 1 saturated heterocycles. The Hall–Kier alpha value is -2.53. The van der Waals surface area contributed by atoms with E-state index in [1.54, 1.807) is 6.07 Å². The fourth-order valence-corrected chi connectivity index (χ4v) is 6.27. The molecule has 5 rings (SSSR count). The SMILES string of the molecule is CCC1c2ccc(C(=O)O)cc2N2CCCN(CCN3CCCCC3)c3cc(C)ccc3C12. The molecule has 0 radical (unpaired) electrons. The Bertz CT molecular complexity index is 1010. The molecule has 2 atom stereocenters. The highest BCUT2D eigenvalue weighted by Crippen LogP contribution is 2.53. The molecular formula is C28H37N3O2. The van der Waals surface area contributed by atoms with E-state index in [0.717, 1.165) is 44.7 Å². The first kappa shape index (κ1) is 22.3. The molecule has 0 amide bonds. The molecule has 0 aliphatic carbocycles. The highest BCUT2D eigenvalue weighted by molar-refractivity contribution is 5.90. The molecule has 0 aromatic heterocycles. The van der Waals surface area contributed by atoms with Crippen molar-refractivity contribution in [2.45, 2.75) is 57.9 Å². The molecule has 5 nitrogen and oxygen atoms in total. The van der Waals surface area contributed by atoms with Gasteiger partial charge in [-0.25, -0.2) is 4.79 Å². The number of hydrogen-bond donors (Lipinski definition) is 1. The van der Waals surface area contributed by atoms with Gasteiger partial charge in [0.05, 0.1) is 11.6 Å². The molecule has 176 valence electrons. The lowest BCUT2D eigenvalue weighted by Gasteiger charge is -2.39. The molecule has 0 bridgehead atoms. The first-order chi connectivity index (χ1) is 16.1. The minimum absolute atomic E-state index is 0.266. The third-order valence-corrected chi connectivity index (χ3v) is 7.95. The molecule has 3 aliphatic rings. The number of hydrogen-bond acceptors (Lipinski definition) is 4. The van der Waals surface area contributed by atoms with Crippen LogP contribution in [0.1, 0.15) is 78.0 Å². The fourth-order valence-electron chi connectivity index (χ4n) is 6.27. The van der Waals surface area contributed by atoms with Crippen LogP contribution in [-0.4, -0.2) is 55.2 Å². The van der Waals surface area contributed by atoms with Crippen LogP contribution in [0.2, 0.25) is 0 Å². The van der Waals surface area contributed by atoms with Crippen molar-refractivity contribution in [1.82, 2.24) is 4.90 Å². The van der Waals surface area contributed by atoms with Crippen LogP contribution in [-0.2, 0) is 0 Å². The van der Waals surface area contributed by atoms with Crippen molar-refractivity contribution in [3.8, 4) is 0 Å². The second kappa shape index (κ2) is 9.38. The summed E-state index contributed by atoms with van der Waals surface area (Å²) < 4.78 is 0. The second-order valence-corrected chi connectivity index (χ2v) is 10.0. The molecule has 5 heteroatoms. The van der Waals surface area contributed by atoms with Crippen molar-refractivity contribution in [2.24, 2.45) is 0 Å². The van der Waals surface area contributed by atoms with Gasteiger partial charge in [0.15, 0.2) is 0 Å². The van der Waals surface area contributed by atoms with E-state index in [-0.39, 0.29) is 6.04 Å². The zero-order valence-corrected chi connectivity index (χ0v) is 20.1. The highest BCUT2D eigenvalue weighted by Gasteiger charge is 2.41. The number of fused-ring (bicyclic) bond motifs is 5. The summed E-state index contributed by atoms with van der Waals surface area (Å²) in [6.07, 6.45) is 6.17. The summed E-state index contributed by atoms with van der Waals surface area (Å²) >= 11 is 0. The number of carboxylic acid groups (broad SMARTS) is 1. The van der Waals surface area contributed by atoms with E-state index in [1.165, 1.54) is 54.7 Å². The van der Waals surface area contributed by atoms with Gasteiger partial charge >= 0.3 is 5.97 Å². The number of carboxylic acids is 1. The van der Waals surface area contributed by atoms with Gasteiger partial charge in [-0.05, 0) is 80.6 Å². The molecule has 1 N–H and O–H groups in total. The van der Waals surface area contributed by atoms with Gasteiger partial charge in [0.25, 0.3) is 0 Å². The van der Waals surface area contributed by atoms with Gasteiger partial charge in [0.1, 0.15) is 0 Å². The van der Waals surface area contributed by atoms with Crippen LogP contribution in [0.25, 0.3) is 0 Å². The molecular weight excluding hydrogens is 410 g/mol. The van der Waals surface area contributed by atoms with Crippen molar-refractivity contribution < 1.29 is 9.90 Å². The minimum Gasteiger partial charge on any atom is -0.478 e. The van der Waals surface area contributed by atoms with E-state index in [9.17, 15) is 9.90 Å². The maximum Gasteiger partial charge on any atom is 0.335 e. The number of carbonyl (C=O) groups is 1. The number of aromatic carboxylic acids is 1. The maximum atomic E-state index is 11.7. The van der Waals surface area contributed by atoms with E-state index >= 15 is 0 Å². The van der Waals surface area contributed by atoms with E-state index in [4.69, 9.17) is 0 Å². The van der Waals surface area contributed by atoms with Gasteiger partial charge in [-0.15, -0.1) is 0 Å². The molecule has 2 aromatic rings. The maximum absolute atomic E-state index is 11.7. The first-order valence-corrected chi connectivity index (χ1v) is 12.8. The number of benzene rings is 2. The first-order valence-electron chi connectivity index (χ1n) is 12.8. The van der Waals surface area contributed by atoms with Gasteiger partial charge in [-0.2, -0.15) is 0 Å². The average molecular weight is 448 g/mol. The second-order valence-electron chi connectivity index (χ2n) is 10.0. The smallest absolute Gasteiger partial charge is 0.335 e. The number of anilines is 2. The summed E-state index contributed by atoms with van der Waals surface area (Å²) in [5.41, 5.74) is 6.91. The van der Waals surface area contributed by atoms with Crippen LogP contribution in [0.4, 0.5) is 11.4 Å². The number of piperidine rings is 1. The number of likely N-dealkylation sites (tertiary alicyclic amines) is 1. The summed E-state index contributed by atoms with van der Waals surface area (Å²) in [6.45, 7) is 11.2. The normalized spacial score (nSPS) is 22.8. The van der Waals surface area contributed by atoms with Gasteiger partial charge in [0.2, 0.25) is 0 Å². The Morgan fingerprint density at radius 3 is 2.45 bits per heavy atom. The molecule has 3 aliphatic heterocycles. The van der Waals surface area contributed by atoms with Crippen LogP contribution in [0.5, 0.6) is 0 Å². The van der Waals surface area contributed by atoms with Crippen LogP contribution >= 0.6 is 0 Å². The largest absolute Gasteiger partial charge is 0.478 e. The Morgan fingerprint density at radius 2 is 1.70 bits per heavy atom. The highest BCUT2D eigenvalue weighted by atomic mass is 16.4. The molecule has 3 heterocycles. The predicted molar refractivity (Wildman–Crippen MR) is 135 cm³/mol. The zero-order valence-electron chi connectivity index (χ0n) is 20.1.